The maximum Gasteiger partial charge on any atom is 0.411 e. The van der Waals surface area contributed by atoms with E-state index in [0.717, 1.165) is 16.5 Å². The van der Waals surface area contributed by atoms with Gasteiger partial charge in [0.25, 0.3) is 0 Å². The summed E-state index contributed by atoms with van der Waals surface area (Å²) in [6.07, 6.45) is 0.571. The topological polar surface area (TPSA) is 29.5 Å². The second-order valence-electron chi connectivity index (χ2n) is 7.08. The molecule has 1 aliphatic heterocycles. The van der Waals surface area contributed by atoms with Crippen LogP contribution in [-0.4, -0.2) is 23.1 Å². The molecule has 1 aliphatic rings. The van der Waals surface area contributed by atoms with E-state index in [0.29, 0.717) is 6.54 Å². The molecule has 3 nitrogen and oxygen atoms in total. The molecule has 0 radical (unpaired) electrons. The molecular weight excluding hydrogens is 366 g/mol. The van der Waals surface area contributed by atoms with Crippen molar-refractivity contribution in [2.45, 2.75) is 38.8 Å². The first-order chi connectivity index (χ1) is 11.3. The van der Waals surface area contributed by atoms with Crippen LogP contribution in [0.4, 0.5) is 4.79 Å². The fourth-order valence-electron chi connectivity index (χ4n) is 3.11. The third kappa shape index (κ3) is 3.64. The number of ether oxygens (including phenoxy) is 1. The molecular formula is C20H22BrNO2. The largest absolute Gasteiger partial charge is 0.444 e. The van der Waals surface area contributed by atoms with Crippen LogP contribution in [0.25, 0.3) is 0 Å². The Kier molecular flexibility index (Phi) is 4.68. The summed E-state index contributed by atoms with van der Waals surface area (Å²) >= 11 is 3.55. The minimum atomic E-state index is -0.502. The quantitative estimate of drug-likeness (QED) is 0.661. The first-order valence-corrected chi connectivity index (χ1v) is 8.97. The van der Waals surface area contributed by atoms with Crippen molar-refractivity contribution in [1.82, 2.24) is 4.90 Å². The molecule has 0 spiro atoms. The predicted octanol–water partition coefficient (Wildman–Crippen LogP) is 5.33. The summed E-state index contributed by atoms with van der Waals surface area (Å²) in [6.45, 7) is 6.35. The van der Waals surface area contributed by atoms with Crippen molar-refractivity contribution in [3.8, 4) is 0 Å². The van der Waals surface area contributed by atoms with E-state index in [1.165, 1.54) is 11.1 Å². The van der Waals surface area contributed by atoms with Gasteiger partial charge in [0, 0.05) is 11.0 Å². The van der Waals surface area contributed by atoms with Gasteiger partial charge in [-0.25, -0.2) is 4.79 Å². The van der Waals surface area contributed by atoms with Gasteiger partial charge >= 0.3 is 6.09 Å². The molecule has 2 aromatic rings. The Morgan fingerprint density at radius 1 is 1.17 bits per heavy atom. The maximum absolute atomic E-state index is 12.8. The molecule has 1 amide bonds. The Morgan fingerprint density at radius 2 is 1.88 bits per heavy atom. The molecule has 24 heavy (non-hydrogen) atoms. The second kappa shape index (κ2) is 6.60. The lowest BCUT2D eigenvalue weighted by Crippen LogP contribution is -2.43. The van der Waals surface area contributed by atoms with Crippen molar-refractivity contribution in [3.63, 3.8) is 0 Å². The van der Waals surface area contributed by atoms with E-state index in [9.17, 15) is 4.79 Å². The van der Waals surface area contributed by atoms with E-state index in [2.05, 4.69) is 40.2 Å². The Labute approximate surface area is 151 Å². The molecule has 0 bridgehead atoms. The lowest BCUT2D eigenvalue weighted by molar-refractivity contribution is 0.0178. The molecule has 0 saturated heterocycles. The van der Waals surface area contributed by atoms with Crippen LogP contribution in [0.5, 0.6) is 0 Å². The maximum atomic E-state index is 12.8. The molecule has 2 aromatic carbocycles. The summed E-state index contributed by atoms with van der Waals surface area (Å²) in [5.41, 5.74) is 3.05. The highest BCUT2D eigenvalue weighted by molar-refractivity contribution is 9.10. The summed E-state index contributed by atoms with van der Waals surface area (Å²) in [4.78, 5) is 14.6. The van der Waals surface area contributed by atoms with Crippen LogP contribution in [0.2, 0.25) is 0 Å². The van der Waals surface area contributed by atoms with Gasteiger partial charge in [-0.05, 0) is 56.0 Å². The zero-order valence-corrected chi connectivity index (χ0v) is 15.8. The number of carbonyl (C=O) groups excluding carboxylic acids is 1. The predicted molar refractivity (Wildman–Crippen MR) is 99.1 cm³/mol. The molecule has 126 valence electrons. The smallest absolute Gasteiger partial charge is 0.411 e. The van der Waals surface area contributed by atoms with Gasteiger partial charge in [-0.15, -0.1) is 0 Å². The van der Waals surface area contributed by atoms with Crippen LogP contribution < -0.4 is 0 Å². The average molecular weight is 388 g/mol. The Balaban J connectivity index is 2.03. The van der Waals surface area contributed by atoms with Crippen molar-refractivity contribution in [2.75, 3.05) is 6.54 Å². The van der Waals surface area contributed by atoms with E-state index in [4.69, 9.17) is 4.74 Å². The summed E-state index contributed by atoms with van der Waals surface area (Å²) in [6, 6.07) is 16.3. The normalized spacial score (nSPS) is 17.3. The number of rotatable bonds is 1. The van der Waals surface area contributed by atoms with Gasteiger partial charge in [-0.2, -0.15) is 0 Å². The van der Waals surface area contributed by atoms with E-state index in [1.54, 1.807) is 0 Å². The SMILES string of the molecule is CC(C)(C)OC(=O)N1CCc2cc(Br)ccc2C1c1ccccc1. The van der Waals surface area contributed by atoms with Crippen molar-refractivity contribution < 1.29 is 9.53 Å². The van der Waals surface area contributed by atoms with Crippen molar-refractivity contribution >= 4 is 22.0 Å². The Morgan fingerprint density at radius 3 is 2.54 bits per heavy atom. The minimum Gasteiger partial charge on any atom is -0.444 e. The standard InChI is InChI=1S/C20H22BrNO2/c1-20(2,3)24-19(23)22-12-11-15-13-16(21)9-10-17(15)18(22)14-7-5-4-6-8-14/h4-10,13,18H,11-12H2,1-3H3. The van der Waals surface area contributed by atoms with Gasteiger partial charge in [-0.1, -0.05) is 52.3 Å². The highest BCUT2D eigenvalue weighted by Crippen LogP contribution is 2.37. The lowest BCUT2D eigenvalue weighted by atomic mass is 9.88. The summed E-state index contributed by atoms with van der Waals surface area (Å²) in [5.74, 6) is 0. The van der Waals surface area contributed by atoms with Gasteiger partial charge in [0.1, 0.15) is 5.60 Å². The van der Waals surface area contributed by atoms with Crippen LogP contribution in [-0.2, 0) is 11.2 Å². The van der Waals surface area contributed by atoms with E-state index in [-0.39, 0.29) is 12.1 Å². The summed E-state index contributed by atoms with van der Waals surface area (Å²) in [7, 11) is 0. The van der Waals surface area contributed by atoms with Gasteiger partial charge in [0.05, 0.1) is 6.04 Å². The molecule has 1 atom stereocenters. The van der Waals surface area contributed by atoms with Crippen LogP contribution in [0.15, 0.2) is 53.0 Å². The first-order valence-electron chi connectivity index (χ1n) is 8.18. The summed E-state index contributed by atoms with van der Waals surface area (Å²) in [5, 5.41) is 0. The number of nitrogens with zero attached hydrogens (tertiary/aromatic N) is 1. The number of hydrogen-bond donors (Lipinski definition) is 0. The zero-order chi connectivity index (χ0) is 17.3. The lowest BCUT2D eigenvalue weighted by Gasteiger charge is -2.38. The van der Waals surface area contributed by atoms with E-state index in [1.807, 2.05) is 49.9 Å². The molecule has 3 rings (SSSR count). The fraction of sp³-hybridized carbons (Fsp3) is 0.350. The molecule has 1 heterocycles. The molecule has 0 aliphatic carbocycles. The number of halogens is 1. The highest BCUT2D eigenvalue weighted by atomic mass is 79.9. The molecule has 0 saturated carbocycles. The molecule has 0 aromatic heterocycles. The van der Waals surface area contributed by atoms with Crippen LogP contribution in [0, 0.1) is 0 Å². The minimum absolute atomic E-state index is 0.113. The van der Waals surface area contributed by atoms with Crippen molar-refractivity contribution in [2.24, 2.45) is 0 Å². The summed E-state index contributed by atoms with van der Waals surface area (Å²) < 4.78 is 6.71. The number of benzene rings is 2. The third-order valence-corrected chi connectivity index (χ3v) is 4.57. The van der Waals surface area contributed by atoms with Crippen LogP contribution in [0.3, 0.4) is 0 Å². The van der Waals surface area contributed by atoms with E-state index < -0.39 is 5.60 Å². The van der Waals surface area contributed by atoms with Gasteiger partial charge in [0.15, 0.2) is 0 Å². The van der Waals surface area contributed by atoms with Gasteiger partial charge in [-0.3, -0.25) is 4.90 Å². The van der Waals surface area contributed by atoms with Gasteiger partial charge < -0.3 is 4.74 Å². The van der Waals surface area contributed by atoms with Crippen molar-refractivity contribution in [3.05, 3.63) is 69.7 Å². The molecule has 0 fully saturated rings. The Hall–Kier alpha value is -1.81. The highest BCUT2D eigenvalue weighted by Gasteiger charge is 2.34. The number of carbonyl (C=O) groups is 1. The van der Waals surface area contributed by atoms with E-state index >= 15 is 0 Å². The van der Waals surface area contributed by atoms with Crippen LogP contribution >= 0.6 is 15.9 Å². The van der Waals surface area contributed by atoms with Crippen molar-refractivity contribution in [1.29, 1.82) is 0 Å². The number of hydrogen-bond acceptors (Lipinski definition) is 2. The molecule has 4 heteroatoms. The number of amides is 1. The zero-order valence-electron chi connectivity index (χ0n) is 14.3. The monoisotopic (exact) mass is 387 g/mol. The van der Waals surface area contributed by atoms with Crippen LogP contribution in [0.1, 0.15) is 43.5 Å². The second-order valence-corrected chi connectivity index (χ2v) is 8.00. The molecule has 0 N–H and O–H groups in total. The average Bonchev–Trinajstić information content (AvgIpc) is 2.52. The first kappa shape index (κ1) is 17.0. The van der Waals surface area contributed by atoms with Gasteiger partial charge in [0.2, 0.25) is 0 Å². The fourth-order valence-corrected chi connectivity index (χ4v) is 3.52. The molecule has 1 unspecified atom stereocenters. The Bertz CT molecular complexity index is 737. The third-order valence-electron chi connectivity index (χ3n) is 4.08. The number of fused-ring (bicyclic) bond motifs is 1.